The first-order chi connectivity index (χ1) is 12.8. The van der Waals surface area contributed by atoms with Crippen LogP contribution < -0.4 is 5.32 Å². The summed E-state index contributed by atoms with van der Waals surface area (Å²) in [6, 6.07) is 17.1. The van der Waals surface area contributed by atoms with E-state index >= 15 is 0 Å². The van der Waals surface area contributed by atoms with E-state index in [1.54, 1.807) is 0 Å². The molecule has 136 valence electrons. The van der Waals surface area contributed by atoms with Crippen LogP contribution in [0.15, 0.2) is 48.5 Å². The fourth-order valence-corrected chi connectivity index (χ4v) is 3.71. The van der Waals surface area contributed by atoms with E-state index < -0.39 is 0 Å². The van der Waals surface area contributed by atoms with Gasteiger partial charge in [0, 0.05) is 22.5 Å². The Bertz CT molecular complexity index is 1020. The monoisotopic (exact) mass is 353 g/mol. The highest BCUT2D eigenvalue weighted by Gasteiger charge is 2.05. The molecule has 0 aromatic heterocycles. The molecule has 0 radical (unpaired) electrons. The van der Waals surface area contributed by atoms with Crippen molar-refractivity contribution < 1.29 is 0 Å². The van der Waals surface area contributed by atoms with E-state index in [0.29, 0.717) is 0 Å². The van der Waals surface area contributed by atoms with Gasteiger partial charge in [0.2, 0.25) is 0 Å². The Morgan fingerprint density at radius 2 is 1.19 bits per heavy atom. The zero-order valence-corrected chi connectivity index (χ0v) is 17.1. The summed E-state index contributed by atoms with van der Waals surface area (Å²) >= 11 is 0. The lowest BCUT2D eigenvalue weighted by atomic mass is 10.00. The van der Waals surface area contributed by atoms with E-state index in [0.717, 1.165) is 16.8 Å². The van der Waals surface area contributed by atoms with Crippen LogP contribution in [-0.4, -0.2) is 0 Å². The third-order valence-corrected chi connectivity index (χ3v) is 4.82. The maximum absolute atomic E-state index is 3.57. The van der Waals surface area contributed by atoms with Crippen molar-refractivity contribution in [1.29, 1.82) is 0 Å². The fraction of sp³-hybridized carbons (Fsp3) is 0.231. The van der Waals surface area contributed by atoms with E-state index in [1.165, 1.54) is 39.1 Å². The lowest BCUT2D eigenvalue weighted by molar-refractivity contribution is 1.30. The fourth-order valence-electron chi connectivity index (χ4n) is 3.71. The van der Waals surface area contributed by atoms with Gasteiger partial charge in [0.1, 0.15) is 0 Å². The third-order valence-electron chi connectivity index (χ3n) is 4.82. The minimum atomic E-state index is 1.02. The maximum Gasteiger partial charge on any atom is 0.0443 e. The Morgan fingerprint density at radius 3 is 1.78 bits per heavy atom. The lowest BCUT2D eigenvalue weighted by Gasteiger charge is -2.14. The van der Waals surface area contributed by atoms with Crippen LogP contribution in [0.25, 0.3) is 0 Å². The molecule has 3 aromatic rings. The van der Waals surface area contributed by atoms with E-state index in [1.807, 2.05) is 0 Å². The second-order valence-corrected chi connectivity index (χ2v) is 7.50. The van der Waals surface area contributed by atoms with E-state index in [-0.39, 0.29) is 0 Å². The molecule has 0 spiro atoms. The molecule has 0 heterocycles. The van der Waals surface area contributed by atoms with Gasteiger partial charge in [-0.05, 0) is 82.0 Å². The molecule has 1 nitrogen and oxygen atoms in total. The van der Waals surface area contributed by atoms with Crippen LogP contribution in [0, 0.1) is 53.4 Å². The van der Waals surface area contributed by atoms with Crippen LogP contribution in [0.5, 0.6) is 0 Å². The van der Waals surface area contributed by atoms with Crippen molar-refractivity contribution in [1.82, 2.24) is 0 Å². The molecule has 3 aromatic carbocycles. The van der Waals surface area contributed by atoms with E-state index in [4.69, 9.17) is 0 Å². The Morgan fingerprint density at radius 1 is 0.630 bits per heavy atom. The number of hydrogen-bond acceptors (Lipinski definition) is 1. The first kappa shape index (κ1) is 18.8. The summed E-state index contributed by atoms with van der Waals surface area (Å²) in [6.45, 7) is 12.8. The summed E-state index contributed by atoms with van der Waals surface area (Å²) in [7, 11) is 0. The molecule has 0 aliphatic heterocycles. The zero-order valence-electron chi connectivity index (χ0n) is 17.1. The topological polar surface area (TPSA) is 12.0 Å². The molecule has 0 aliphatic carbocycles. The predicted octanol–water partition coefficient (Wildman–Crippen LogP) is 6.68. The van der Waals surface area contributed by atoms with Crippen LogP contribution >= 0.6 is 0 Å². The molecule has 0 saturated heterocycles. The SMILES string of the molecule is Cc1cc(C)c(C#Cc2cccc(Nc3c(C)cc(C)cc3C)c2)c(C)c1. The Labute approximate surface area is 163 Å². The Balaban J connectivity index is 1.90. The largest absolute Gasteiger partial charge is 0.355 e. The molecule has 0 aliphatic rings. The summed E-state index contributed by atoms with van der Waals surface area (Å²) in [6.07, 6.45) is 0. The average Bonchev–Trinajstić information content (AvgIpc) is 2.57. The molecule has 0 bridgehead atoms. The lowest BCUT2D eigenvalue weighted by Crippen LogP contribution is -1.97. The standard InChI is InChI=1S/C26H27N/c1-17-12-19(3)25(20(4)13-17)11-10-23-8-7-9-24(16-23)27-26-21(5)14-18(2)15-22(26)6/h7-9,12-16,27H,1-6H3. The van der Waals surface area contributed by atoms with Crippen molar-refractivity contribution in [2.75, 3.05) is 5.32 Å². The number of anilines is 2. The average molecular weight is 354 g/mol. The first-order valence-corrected chi connectivity index (χ1v) is 9.38. The van der Waals surface area contributed by atoms with Crippen LogP contribution in [0.1, 0.15) is 44.5 Å². The summed E-state index contributed by atoms with van der Waals surface area (Å²) in [5, 5.41) is 3.57. The normalized spacial score (nSPS) is 10.3. The van der Waals surface area contributed by atoms with Gasteiger partial charge in [-0.3, -0.25) is 0 Å². The van der Waals surface area contributed by atoms with Crippen molar-refractivity contribution in [2.24, 2.45) is 0 Å². The smallest absolute Gasteiger partial charge is 0.0443 e. The quantitative estimate of drug-likeness (QED) is 0.507. The van der Waals surface area contributed by atoms with Gasteiger partial charge in [0.15, 0.2) is 0 Å². The van der Waals surface area contributed by atoms with E-state index in [2.05, 4.69) is 107 Å². The number of nitrogens with one attached hydrogen (secondary N) is 1. The molecule has 0 amide bonds. The van der Waals surface area contributed by atoms with Crippen LogP contribution in [-0.2, 0) is 0 Å². The molecule has 0 saturated carbocycles. The van der Waals surface area contributed by atoms with Crippen molar-refractivity contribution in [3.05, 3.63) is 93.0 Å². The molecular weight excluding hydrogens is 326 g/mol. The second-order valence-electron chi connectivity index (χ2n) is 7.50. The zero-order chi connectivity index (χ0) is 19.6. The van der Waals surface area contributed by atoms with Crippen molar-refractivity contribution >= 4 is 11.4 Å². The van der Waals surface area contributed by atoms with Crippen LogP contribution in [0.2, 0.25) is 0 Å². The summed E-state index contributed by atoms with van der Waals surface area (Å²) in [5.41, 5.74) is 11.9. The highest BCUT2D eigenvalue weighted by molar-refractivity contribution is 5.68. The molecule has 1 heteroatoms. The minimum Gasteiger partial charge on any atom is -0.355 e. The first-order valence-electron chi connectivity index (χ1n) is 9.38. The Kier molecular flexibility index (Phi) is 5.38. The molecule has 0 unspecified atom stereocenters. The molecule has 1 N–H and O–H groups in total. The molecule has 3 rings (SSSR count). The summed E-state index contributed by atoms with van der Waals surface area (Å²) < 4.78 is 0. The van der Waals surface area contributed by atoms with Gasteiger partial charge in [-0.15, -0.1) is 0 Å². The number of benzene rings is 3. The number of aryl methyl sites for hydroxylation is 6. The van der Waals surface area contributed by atoms with Gasteiger partial charge >= 0.3 is 0 Å². The molecule has 0 fully saturated rings. The van der Waals surface area contributed by atoms with Crippen molar-refractivity contribution in [3.8, 4) is 11.8 Å². The number of rotatable bonds is 2. The minimum absolute atomic E-state index is 1.02. The Hall–Kier alpha value is -2.98. The molecular formula is C26H27N. The highest BCUT2D eigenvalue weighted by atomic mass is 14.9. The van der Waals surface area contributed by atoms with Gasteiger partial charge in [-0.1, -0.05) is 53.3 Å². The number of hydrogen-bond donors (Lipinski definition) is 1. The van der Waals surface area contributed by atoms with E-state index in [9.17, 15) is 0 Å². The summed E-state index contributed by atoms with van der Waals surface area (Å²) in [4.78, 5) is 0. The van der Waals surface area contributed by atoms with Gasteiger partial charge in [-0.2, -0.15) is 0 Å². The van der Waals surface area contributed by atoms with Crippen molar-refractivity contribution in [3.63, 3.8) is 0 Å². The molecule has 0 atom stereocenters. The van der Waals surface area contributed by atoms with Crippen LogP contribution in [0.4, 0.5) is 11.4 Å². The van der Waals surface area contributed by atoms with Crippen LogP contribution in [0.3, 0.4) is 0 Å². The van der Waals surface area contributed by atoms with Gasteiger partial charge in [-0.25, -0.2) is 0 Å². The highest BCUT2D eigenvalue weighted by Crippen LogP contribution is 2.26. The van der Waals surface area contributed by atoms with Gasteiger partial charge in [0.05, 0.1) is 0 Å². The van der Waals surface area contributed by atoms with Gasteiger partial charge < -0.3 is 5.32 Å². The third kappa shape index (κ3) is 4.41. The summed E-state index contributed by atoms with van der Waals surface area (Å²) in [5.74, 6) is 6.70. The maximum atomic E-state index is 3.57. The van der Waals surface area contributed by atoms with Crippen molar-refractivity contribution in [2.45, 2.75) is 41.5 Å². The predicted molar refractivity (Wildman–Crippen MR) is 117 cm³/mol. The van der Waals surface area contributed by atoms with Gasteiger partial charge in [0.25, 0.3) is 0 Å². The second kappa shape index (κ2) is 7.72. The molecule has 27 heavy (non-hydrogen) atoms.